The topological polar surface area (TPSA) is 177 Å². The van der Waals surface area contributed by atoms with Gasteiger partial charge in [-0.2, -0.15) is 4.98 Å². The summed E-state index contributed by atoms with van der Waals surface area (Å²) in [5.41, 5.74) is 4.03. The Morgan fingerprint density at radius 1 is 0.870 bits per heavy atom. The fraction of sp³-hybridized carbons (Fsp3) is 0.471. The van der Waals surface area contributed by atoms with Gasteiger partial charge in [0.25, 0.3) is 11.5 Å². The van der Waals surface area contributed by atoms with Gasteiger partial charge >= 0.3 is 0 Å². The Kier molecular flexibility index (Phi) is 12.0. The van der Waals surface area contributed by atoms with Crippen LogP contribution in [0.1, 0.15) is 73.5 Å². The standard InChI is InChI=1S/C51H59FN12O5/c1-51(69)19-3-2-4-20-63-49(68)39-29-53-50(57-46(39)64(63)44-7-5-6-43(51)55-44)54-35-9-12-36(13-10-35)60-24-26-61(27-25-60)41-18-21-58(32-40(41)52)30-33-16-22-59(23-17-33)37-11-8-34-31-62(48(67)38(34)28-37)42-14-15-45(65)56-47(42)66/h2,4-13,28-29,33,40-42,69H,3,14-27,30-32H2,1H3,(H,53,54,57)(H,56,65,66)/b4-2-/t40-,41+,42?,51-/m1/s1. The van der Waals surface area contributed by atoms with Crippen molar-refractivity contribution in [3.8, 4) is 5.82 Å². The van der Waals surface area contributed by atoms with Crippen molar-refractivity contribution in [2.24, 2.45) is 5.92 Å². The molecule has 5 aromatic rings. The molecule has 4 atom stereocenters. The van der Waals surface area contributed by atoms with E-state index in [9.17, 15) is 24.3 Å². The number of amides is 3. The number of carbonyl (C=O) groups excluding carboxylic acids is 3. The van der Waals surface area contributed by atoms with Crippen LogP contribution >= 0.6 is 0 Å². The minimum atomic E-state index is -1.13. The molecule has 2 bridgehead atoms. The van der Waals surface area contributed by atoms with E-state index in [0.717, 1.165) is 94.2 Å². The molecule has 4 saturated heterocycles. The number of aromatic nitrogens is 5. The second-order valence-corrected chi connectivity index (χ2v) is 19.8. The van der Waals surface area contributed by atoms with Gasteiger partial charge in [0, 0.05) is 100 Å². The molecule has 18 heteroatoms. The number of benzene rings is 2. The summed E-state index contributed by atoms with van der Waals surface area (Å²) >= 11 is 0. The average Bonchev–Trinajstić information content (AvgIpc) is 3.82. The van der Waals surface area contributed by atoms with Crippen LogP contribution in [0, 0.1) is 5.92 Å². The SMILES string of the molecule is C[C@@]1(O)CC/C=C\Cn2c(=O)c3cnc(Nc4ccc(N5CCN([C@H]6CCN(CC7CCN(c8ccc9c(c8)C(=O)N(C8CCC(=O)NC8=O)C9)CC7)C[C@H]6F)CC5)cc4)nc3n2-c2cccc1n2. The molecule has 2 aromatic carbocycles. The Labute approximate surface area is 399 Å². The molecule has 0 aliphatic carbocycles. The zero-order valence-electron chi connectivity index (χ0n) is 39.0. The Morgan fingerprint density at radius 2 is 1.65 bits per heavy atom. The number of pyridine rings is 1. The maximum Gasteiger partial charge on any atom is 0.278 e. The van der Waals surface area contributed by atoms with E-state index in [1.54, 1.807) is 33.5 Å². The van der Waals surface area contributed by atoms with E-state index in [0.29, 0.717) is 78.9 Å². The van der Waals surface area contributed by atoms with Gasteiger partial charge in [-0.25, -0.2) is 23.7 Å². The zero-order valence-corrected chi connectivity index (χ0v) is 39.0. The molecule has 17 nitrogen and oxygen atoms in total. The van der Waals surface area contributed by atoms with E-state index >= 15 is 4.39 Å². The van der Waals surface area contributed by atoms with Crippen LogP contribution in [0.4, 0.5) is 27.4 Å². The third-order valence-electron chi connectivity index (χ3n) is 15.3. The van der Waals surface area contributed by atoms with Crippen LogP contribution in [0.3, 0.4) is 0 Å². The van der Waals surface area contributed by atoms with Crippen molar-refractivity contribution in [3.05, 3.63) is 106 Å². The lowest BCUT2D eigenvalue weighted by Crippen LogP contribution is -2.58. The van der Waals surface area contributed by atoms with Crippen LogP contribution in [0.5, 0.6) is 0 Å². The van der Waals surface area contributed by atoms with Crippen LogP contribution in [0.15, 0.2) is 83.8 Å². The molecule has 11 rings (SSSR count). The Balaban J connectivity index is 0.654. The number of nitrogens with zero attached hydrogens (tertiary/aromatic N) is 10. The first kappa shape index (κ1) is 45.0. The molecule has 1 unspecified atom stereocenters. The highest BCUT2D eigenvalue weighted by atomic mass is 19.1. The molecular formula is C51H59FN12O5. The van der Waals surface area contributed by atoms with Gasteiger partial charge in [0.2, 0.25) is 17.8 Å². The predicted octanol–water partition coefficient (Wildman–Crippen LogP) is 4.49. The van der Waals surface area contributed by atoms with E-state index in [-0.39, 0.29) is 29.8 Å². The Hall–Kier alpha value is -6.50. The van der Waals surface area contributed by atoms with Crippen LogP contribution < -0.4 is 26.0 Å². The summed E-state index contributed by atoms with van der Waals surface area (Å²) in [6.07, 6.45) is 9.10. The molecule has 4 fully saturated rings. The first-order valence-electron chi connectivity index (χ1n) is 24.5. The summed E-state index contributed by atoms with van der Waals surface area (Å²) < 4.78 is 19.3. The van der Waals surface area contributed by atoms with Crippen molar-refractivity contribution >= 4 is 51.8 Å². The average molecular weight is 939 g/mol. The highest BCUT2D eigenvalue weighted by Gasteiger charge is 2.40. The van der Waals surface area contributed by atoms with Crippen LogP contribution in [0.25, 0.3) is 16.9 Å². The fourth-order valence-corrected chi connectivity index (χ4v) is 11.3. The quantitative estimate of drug-likeness (QED) is 0.147. The summed E-state index contributed by atoms with van der Waals surface area (Å²) in [5, 5.41) is 17.2. The number of hydrogen-bond acceptors (Lipinski definition) is 13. The number of carbonyl (C=O) groups is 3. The molecule has 6 aliphatic heterocycles. The third kappa shape index (κ3) is 8.89. The molecule has 0 spiro atoms. The molecule has 9 heterocycles. The molecule has 0 saturated carbocycles. The van der Waals surface area contributed by atoms with Gasteiger partial charge in [-0.1, -0.05) is 24.3 Å². The number of piperidine rings is 3. The third-order valence-corrected chi connectivity index (χ3v) is 15.3. The normalized spacial score (nSPS) is 25.6. The molecule has 3 amide bonds. The van der Waals surface area contributed by atoms with Crippen LogP contribution in [-0.2, 0) is 28.3 Å². The van der Waals surface area contributed by atoms with Gasteiger partial charge < -0.3 is 30.0 Å². The van der Waals surface area contributed by atoms with Crippen molar-refractivity contribution in [1.29, 1.82) is 0 Å². The largest absolute Gasteiger partial charge is 0.384 e. The Bertz CT molecular complexity index is 2870. The maximum atomic E-state index is 16.0. The first-order valence-corrected chi connectivity index (χ1v) is 24.5. The van der Waals surface area contributed by atoms with Crippen molar-refractivity contribution in [2.45, 2.75) is 88.8 Å². The number of piperazine rings is 1. The van der Waals surface area contributed by atoms with Crippen LogP contribution in [-0.4, -0.2) is 139 Å². The second kappa shape index (κ2) is 18.4. The number of allylic oxidation sites excluding steroid dienone is 2. The molecule has 3 aromatic heterocycles. The highest BCUT2D eigenvalue weighted by Crippen LogP contribution is 2.34. The zero-order chi connectivity index (χ0) is 47.4. The monoisotopic (exact) mass is 938 g/mol. The van der Waals surface area contributed by atoms with Crippen LogP contribution in [0.2, 0.25) is 0 Å². The minimum absolute atomic E-state index is 0.0804. The van der Waals surface area contributed by atoms with Gasteiger partial charge in [-0.3, -0.25) is 29.4 Å². The fourth-order valence-electron chi connectivity index (χ4n) is 11.3. The summed E-state index contributed by atoms with van der Waals surface area (Å²) in [6.45, 7) is 9.66. The van der Waals surface area contributed by atoms with Gasteiger partial charge in [-0.15, -0.1) is 0 Å². The van der Waals surface area contributed by atoms with Crippen molar-refractivity contribution < 1.29 is 23.9 Å². The molecule has 0 radical (unpaired) electrons. The van der Waals surface area contributed by atoms with Crippen molar-refractivity contribution in [2.75, 3.05) is 74.0 Å². The number of nitrogens with one attached hydrogen (secondary N) is 2. The van der Waals surface area contributed by atoms with E-state index in [4.69, 9.17) is 9.97 Å². The van der Waals surface area contributed by atoms with Gasteiger partial charge in [0.05, 0.1) is 12.2 Å². The molecule has 6 aliphatic rings. The number of halogens is 1. The minimum Gasteiger partial charge on any atom is -0.384 e. The summed E-state index contributed by atoms with van der Waals surface area (Å²) in [4.78, 5) is 76.2. The number of fused-ring (bicyclic) bond motifs is 7. The second-order valence-electron chi connectivity index (χ2n) is 19.8. The lowest BCUT2D eigenvalue weighted by atomic mass is 9.93. The number of anilines is 4. The maximum absolute atomic E-state index is 16.0. The molecule has 3 N–H and O–H groups in total. The van der Waals surface area contributed by atoms with E-state index in [1.807, 2.05) is 48.6 Å². The number of imide groups is 1. The number of rotatable bonds is 8. The summed E-state index contributed by atoms with van der Waals surface area (Å²) in [6, 6.07) is 18.9. The molecule has 69 heavy (non-hydrogen) atoms. The van der Waals surface area contributed by atoms with Gasteiger partial charge in [0.1, 0.15) is 23.2 Å². The van der Waals surface area contributed by atoms with Crippen molar-refractivity contribution in [1.82, 2.24) is 44.3 Å². The number of hydrogen-bond donors (Lipinski definition) is 3. The smallest absolute Gasteiger partial charge is 0.278 e. The van der Waals surface area contributed by atoms with E-state index in [1.165, 1.54) is 0 Å². The lowest BCUT2D eigenvalue weighted by molar-refractivity contribution is -0.136. The van der Waals surface area contributed by atoms with E-state index in [2.05, 4.69) is 53.4 Å². The van der Waals surface area contributed by atoms with Crippen molar-refractivity contribution in [3.63, 3.8) is 0 Å². The highest BCUT2D eigenvalue weighted by molar-refractivity contribution is 6.05. The van der Waals surface area contributed by atoms with Gasteiger partial charge in [-0.05, 0) is 112 Å². The number of likely N-dealkylation sites (tertiary alicyclic amines) is 1. The van der Waals surface area contributed by atoms with Gasteiger partial charge in [0.15, 0.2) is 11.5 Å². The predicted molar refractivity (Wildman–Crippen MR) is 260 cm³/mol. The lowest BCUT2D eigenvalue weighted by Gasteiger charge is -2.45. The summed E-state index contributed by atoms with van der Waals surface area (Å²) in [5.74, 6) is 0.469. The molecule has 360 valence electrons. The molecular weight excluding hydrogens is 880 g/mol. The Morgan fingerprint density at radius 3 is 2.43 bits per heavy atom. The van der Waals surface area contributed by atoms with E-state index < -0.39 is 23.7 Å². The number of alkyl halides is 1. The summed E-state index contributed by atoms with van der Waals surface area (Å²) in [7, 11) is 0. The first-order chi connectivity index (χ1) is 33.5. The number of aliphatic hydroxyl groups is 1.